The maximum absolute atomic E-state index is 13.6. The third-order valence-electron chi connectivity index (χ3n) is 5.45. The van der Waals surface area contributed by atoms with E-state index in [1.54, 1.807) is 20.8 Å². The highest BCUT2D eigenvalue weighted by atomic mass is 32.2. The number of carbonyl (C=O) groups is 1. The Kier molecular flexibility index (Phi) is 7.52. The van der Waals surface area contributed by atoms with E-state index in [2.05, 4.69) is 4.74 Å². The summed E-state index contributed by atoms with van der Waals surface area (Å²) in [5, 5.41) is 0. The Morgan fingerprint density at radius 2 is 1.43 bits per heavy atom. The summed E-state index contributed by atoms with van der Waals surface area (Å²) in [4.78, 5) is 13.0. The molecule has 0 atom stereocenters. The summed E-state index contributed by atoms with van der Waals surface area (Å²) in [6.07, 6.45) is -8.68. The second kappa shape index (κ2) is 9.77. The van der Waals surface area contributed by atoms with E-state index in [9.17, 15) is 30.8 Å². The van der Waals surface area contributed by atoms with E-state index < -0.39 is 44.4 Å². The zero-order valence-corrected chi connectivity index (χ0v) is 20.2. The van der Waals surface area contributed by atoms with Crippen molar-refractivity contribution in [3.8, 4) is 16.9 Å². The van der Waals surface area contributed by atoms with Crippen molar-refractivity contribution in [2.45, 2.75) is 61.4 Å². The van der Waals surface area contributed by atoms with Crippen molar-refractivity contribution in [1.82, 2.24) is 0 Å². The van der Waals surface area contributed by atoms with Crippen molar-refractivity contribution in [3.63, 3.8) is 0 Å². The average molecular weight is 519 g/mol. The van der Waals surface area contributed by atoms with Crippen molar-refractivity contribution in [2.75, 3.05) is 13.2 Å². The number of carbonyl (C=O) groups excluding carboxylic acids is 1. The minimum Gasteiger partial charge on any atom is -0.459 e. The van der Waals surface area contributed by atoms with Crippen LogP contribution in [0.2, 0.25) is 0 Å². The predicted octanol–water partition coefficient (Wildman–Crippen LogP) is 5.25. The molecule has 1 fully saturated rings. The molecule has 0 N–H and O–H groups in total. The lowest BCUT2D eigenvalue weighted by Crippen LogP contribution is -2.53. The van der Waals surface area contributed by atoms with Gasteiger partial charge in [-0.25, -0.2) is 8.42 Å². The molecule has 35 heavy (non-hydrogen) atoms. The van der Waals surface area contributed by atoms with Gasteiger partial charge < -0.3 is 14.2 Å². The van der Waals surface area contributed by atoms with Crippen molar-refractivity contribution in [1.29, 1.82) is 0 Å². The van der Waals surface area contributed by atoms with Crippen molar-refractivity contribution < 1.29 is 45.0 Å². The summed E-state index contributed by atoms with van der Waals surface area (Å²) in [6.45, 7) is 5.16. The molecule has 2 aromatic rings. The second-order valence-corrected chi connectivity index (χ2v) is 11.4. The van der Waals surface area contributed by atoms with Gasteiger partial charge in [0.25, 0.3) is 0 Å². The van der Waals surface area contributed by atoms with E-state index in [4.69, 9.17) is 9.47 Å². The van der Waals surface area contributed by atoms with Crippen LogP contribution in [0.4, 0.5) is 17.6 Å². The number of esters is 1. The molecule has 11 heteroatoms. The first-order valence-electron chi connectivity index (χ1n) is 10.8. The van der Waals surface area contributed by atoms with Crippen LogP contribution in [-0.2, 0) is 24.1 Å². The van der Waals surface area contributed by atoms with Gasteiger partial charge in [0.05, 0.1) is 4.90 Å². The van der Waals surface area contributed by atoms with Gasteiger partial charge in [-0.3, -0.25) is 4.79 Å². The Bertz CT molecular complexity index is 1130. The predicted molar refractivity (Wildman–Crippen MR) is 119 cm³/mol. The van der Waals surface area contributed by atoms with Gasteiger partial charge >= 0.3 is 18.5 Å². The van der Waals surface area contributed by atoms with E-state index in [-0.39, 0.29) is 31.0 Å². The highest BCUT2D eigenvalue weighted by molar-refractivity contribution is 7.93. The summed E-state index contributed by atoms with van der Waals surface area (Å²) in [7, 11) is -4.16. The molecule has 0 bridgehead atoms. The van der Waals surface area contributed by atoms with Crippen LogP contribution in [0.5, 0.6) is 5.75 Å². The molecule has 0 aliphatic carbocycles. The van der Waals surface area contributed by atoms with Gasteiger partial charge in [0.1, 0.15) is 11.4 Å². The summed E-state index contributed by atoms with van der Waals surface area (Å²) in [6, 6.07) is 10.7. The fraction of sp³-hybridized carbons (Fsp3) is 0.458. The molecule has 0 spiro atoms. The quantitative estimate of drug-likeness (QED) is 0.368. The van der Waals surface area contributed by atoms with Crippen LogP contribution in [0.15, 0.2) is 53.4 Å². The Hall–Kier alpha value is -2.66. The molecule has 192 valence electrons. The van der Waals surface area contributed by atoms with E-state index >= 15 is 0 Å². The van der Waals surface area contributed by atoms with Crippen LogP contribution in [0.1, 0.15) is 33.6 Å². The normalized spacial score (nSPS) is 16.7. The molecule has 2 aromatic carbocycles. The molecule has 1 heterocycles. The maximum Gasteiger partial charge on any atom is 0.461 e. The second-order valence-electron chi connectivity index (χ2n) is 9.13. The molecular weight excluding hydrogens is 492 g/mol. The van der Waals surface area contributed by atoms with Gasteiger partial charge in [0.2, 0.25) is 0 Å². The number of halogens is 4. The third-order valence-corrected chi connectivity index (χ3v) is 7.94. The van der Waals surface area contributed by atoms with Crippen LogP contribution in [-0.4, -0.2) is 50.5 Å². The fourth-order valence-corrected chi connectivity index (χ4v) is 5.53. The number of sulfone groups is 1. The van der Waals surface area contributed by atoms with Crippen LogP contribution in [0.25, 0.3) is 11.1 Å². The number of alkyl halides is 4. The number of rotatable bonds is 7. The number of hydrogen-bond donors (Lipinski definition) is 0. The Balaban J connectivity index is 1.87. The third kappa shape index (κ3) is 5.78. The zero-order valence-electron chi connectivity index (χ0n) is 19.4. The van der Waals surface area contributed by atoms with E-state index in [1.165, 1.54) is 36.4 Å². The molecule has 0 saturated carbocycles. The zero-order chi connectivity index (χ0) is 26.1. The first kappa shape index (κ1) is 26.9. The van der Waals surface area contributed by atoms with Crippen LogP contribution in [0, 0.1) is 0 Å². The van der Waals surface area contributed by atoms with Crippen molar-refractivity contribution in [3.05, 3.63) is 48.5 Å². The van der Waals surface area contributed by atoms with Gasteiger partial charge in [-0.05, 0) is 56.2 Å². The maximum atomic E-state index is 13.6. The molecule has 0 aromatic heterocycles. The molecule has 0 radical (unpaired) electrons. The molecule has 3 rings (SSSR count). The lowest BCUT2D eigenvalue weighted by molar-refractivity contribution is -0.253. The summed E-state index contributed by atoms with van der Waals surface area (Å²) >= 11 is 0. The molecule has 6 nitrogen and oxygen atoms in total. The lowest BCUT2D eigenvalue weighted by atomic mass is 9.99. The molecule has 1 saturated heterocycles. The Labute approximate surface area is 201 Å². The van der Waals surface area contributed by atoms with E-state index in [0.717, 1.165) is 12.1 Å². The lowest BCUT2D eigenvalue weighted by Gasteiger charge is -2.36. The molecule has 1 aliphatic heterocycles. The Morgan fingerprint density at radius 3 is 1.89 bits per heavy atom. The number of ether oxygens (including phenoxy) is 3. The standard InChI is InChI=1S/C24H26F4O6S/c1-22(2,3)34-21(29)23(12-14-32-15-13-23)35(30,31)19-10-6-17(7-11-19)16-4-8-18(9-5-16)33-24(27,28)20(25)26/h4-11,20H,12-15H2,1-3H3. The minimum atomic E-state index is -4.62. The average Bonchev–Trinajstić information content (AvgIpc) is 2.78. The minimum absolute atomic E-state index is 0.0449. The SMILES string of the molecule is CC(C)(C)OC(=O)C1(S(=O)(=O)c2ccc(-c3ccc(OC(F)(F)C(F)F)cc3)cc2)CCOCC1. The van der Waals surface area contributed by atoms with Crippen molar-refractivity contribution in [2.24, 2.45) is 0 Å². The summed E-state index contributed by atoms with van der Waals surface area (Å²) in [5.41, 5.74) is 0.167. The van der Waals surface area contributed by atoms with Gasteiger partial charge in [0, 0.05) is 26.1 Å². The summed E-state index contributed by atoms with van der Waals surface area (Å²) in [5.74, 6) is -1.27. The van der Waals surface area contributed by atoms with Crippen LogP contribution < -0.4 is 4.74 Å². The molecule has 0 unspecified atom stereocenters. The molecular formula is C24H26F4O6S. The topological polar surface area (TPSA) is 78.9 Å². The first-order valence-corrected chi connectivity index (χ1v) is 12.3. The highest BCUT2D eigenvalue weighted by Crippen LogP contribution is 2.38. The highest BCUT2D eigenvalue weighted by Gasteiger charge is 2.54. The fourth-order valence-electron chi connectivity index (χ4n) is 3.62. The Morgan fingerprint density at radius 1 is 0.943 bits per heavy atom. The van der Waals surface area contributed by atoms with Crippen molar-refractivity contribution >= 4 is 15.8 Å². The smallest absolute Gasteiger partial charge is 0.459 e. The monoisotopic (exact) mass is 518 g/mol. The van der Waals surface area contributed by atoms with Gasteiger partial charge in [-0.15, -0.1) is 0 Å². The van der Waals surface area contributed by atoms with Gasteiger partial charge in [-0.1, -0.05) is 24.3 Å². The first-order chi connectivity index (χ1) is 16.2. The molecule has 1 aliphatic rings. The van der Waals surface area contributed by atoms with Gasteiger partial charge in [0.15, 0.2) is 14.6 Å². The summed E-state index contributed by atoms with van der Waals surface area (Å²) < 4.78 is 91.0. The van der Waals surface area contributed by atoms with Crippen LogP contribution >= 0.6 is 0 Å². The molecule has 0 amide bonds. The van der Waals surface area contributed by atoms with E-state index in [1.807, 2.05) is 0 Å². The van der Waals surface area contributed by atoms with Gasteiger partial charge in [-0.2, -0.15) is 17.6 Å². The largest absolute Gasteiger partial charge is 0.461 e. The number of benzene rings is 2. The number of hydrogen-bond acceptors (Lipinski definition) is 6. The van der Waals surface area contributed by atoms with Crippen LogP contribution in [0.3, 0.4) is 0 Å². The van der Waals surface area contributed by atoms with E-state index in [0.29, 0.717) is 11.1 Å².